The van der Waals surface area contributed by atoms with Gasteiger partial charge in [-0.2, -0.15) is 0 Å². The highest BCUT2D eigenvalue weighted by molar-refractivity contribution is 5.95. The molecule has 0 saturated heterocycles. The summed E-state index contributed by atoms with van der Waals surface area (Å²) < 4.78 is 0. The van der Waals surface area contributed by atoms with Crippen molar-refractivity contribution < 1.29 is 9.90 Å². The number of nitrogens with one attached hydrogen (secondary N) is 1. The first-order valence-corrected chi connectivity index (χ1v) is 5.74. The zero-order valence-corrected chi connectivity index (χ0v) is 10.3. The highest BCUT2D eigenvalue weighted by atomic mass is 16.3. The third-order valence-corrected chi connectivity index (χ3v) is 2.49. The molecule has 96 valence electrons. The molecule has 0 saturated carbocycles. The largest absolute Gasteiger partial charge is 0.508 e. The number of unbranched alkanes of at least 4 members (excludes halogenated alkanes) is 1. The zero-order valence-electron chi connectivity index (χ0n) is 10.3. The van der Waals surface area contributed by atoms with Crippen molar-refractivity contribution >= 4 is 5.91 Å². The van der Waals surface area contributed by atoms with Crippen LogP contribution in [0.5, 0.6) is 5.75 Å². The molecule has 0 atom stereocenters. The number of aromatic hydroxyl groups is 1. The molecule has 0 bridgehead atoms. The summed E-state index contributed by atoms with van der Waals surface area (Å²) in [6.07, 6.45) is 1.51. The molecule has 0 aliphatic rings. The highest BCUT2D eigenvalue weighted by Crippen LogP contribution is 2.15. The molecular weight excluding hydrogens is 232 g/mol. The second-order valence-electron chi connectivity index (χ2n) is 3.92. The summed E-state index contributed by atoms with van der Waals surface area (Å²) >= 11 is 0. The Morgan fingerprint density at radius 3 is 2.94 bits per heavy atom. The molecule has 1 aromatic rings. The lowest BCUT2D eigenvalue weighted by atomic mass is 10.1. The second kappa shape index (κ2) is 7.19. The number of aryl methyl sites for hydroxylation is 1. The molecular formula is C12H16N4O2. The SMILES string of the molecule is Cc1cc(O)ccc1C(=O)NCCCCN=[N+]=[N-]. The minimum atomic E-state index is -0.156. The minimum absolute atomic E-state index is 0.151. The maximum Gasteiger partial charge on any atom is 0.251 e. The van der Waals surface area contributed by atoms with E-state index in [9.17, 15) is 9.90 Å². The molecule has 2 N–H and O–H groups in total. The highest BCUT2D eigenvalue weighted by Gasteiger charge is 2.08. The summed E-state index contributed by atoms with van der Waals surface area (Å²) in [4.78, 5) is 14.4. The van der Waals surface area contributed by atoms with Gasteiger partial charge in [-0.15, -0.1) is 0 Å². The summed E-state index contributed by atoms with van der Waals surface area (Å²) in [7, 11) is 0. The number of phenols is 1. The van der Waals surface area contributed by atoms with Gasteiger partial charge in [-0.1, -0.05) is 5.11 Å². The molecule has 0 heterocycles. The van der Waals surface area contributed by atoms with Crippen LogP contribution >= 0.6 is 0 Å². The lowest BCUT2D eigenvalue weighted by molar-refractivity contribution is 0.0952. The standard InChI is InChI=1S/C12H16N4O2/c1-9-8-10(17)4-5-11(9)12(18)14-6-2-3-7-15-16-13/h4-5,8,17H,2-3,6-7H2,1H3,(H,14,18). The van der Waals surface area contributed by atoms with E-state index in [1.807, 2.05) is 0 Å². The summed E-state index contributed by atoms with van der Waals surface area (Å²) in [5.74, 6) is -0.00491. The molecule has 1 amide bonds. The van der Waals surface area contributed by atoms with Crippen LogP contribution in [-0.2, 0) is 0 Å². The summed E-state index contributed by atoms with van der Waals surface area (Å²) in [6, 6.07) is 4.64. The Bertz CT molecular complexity index is 467. The van der Waals surface area contributed by atoms with Crippen LogP contribution in [0.4, 0.5) is 0 Å². The van der Waals surface area contributed by atoms with Gasteiger partial charge >= 0.3 is 0 Å². The van der Waals surface area contributed by atoms with E-state index in [2.05, 4.69) is 15.3 Å². The number of nitrogens with zero attached hydrogens (tertiary/aromatic N) is 3. The van der Waals surface area contributed by atoms with Crippen molar-refractivity contribution in [2.45, 2.75) is 19.8 Å². The average Bonchev–Trinajstić information content (AvgIpc) is 2.33. The topological polar surface area (TPSA) is 98.1 Å². The van der Waals surface area contributed by atoms with Gasteiger partial charge in [0.05, 0.1) is 0 Å². The maximum absolute atomic E-state index is 11.8. The van der Waals surface area contributed by atoms with Crippen molar-refractivity contribution in [2.75, 3.05) is 13.1 Å². The molecule has 6 nitrogen and oxygen atoms in total. The number of phenolic OH excluding ortho intramolecular Hbond substituents is 1. The van der Waals surface area contributed by atoms with E-state index in [0.717, 1.165) is 18.4 Å². The number of benzene rings is 1. The molecule has 0 aliphatic heterocycles. The monoisotopic (exact) mass is 248 g/mol. The van der Waals surface area contributed by atoms with Gasteiger partial charge in [-0.05, 0) is 49.1 Å². The molecule has 1 aromatic carbocycles. The number of rotatable bonds is 6. The first kappa shape index (κ1) is 13.9. The summed E-state index contributed by atoms with van der Waals surface area (Å²) in [5.41, 5.74) is 9.38. The predicted molar refractivity (Wildman–Crippen MR) is 68.4 cm³/mol. The number of carbonyl (C=O) groups is 1. The zero-order chi connectivity index (χ0) is 13.4. The van der Waals surface area contributed by atoms with Gasteiger partial charge in [-0.25, -0.2) is 0 Å². The molecule has 0 unspecified atom stereocenters. The van der Waals surface area contributed by atoms with E-state index < -0.39 is 0 Å². The van der Waals surface area contributed by atoms with E-state index >= 15 is 0 Å². The Balaban J connectivity index is 2.38. The van der Waals surface area contributed by atoms with Crippen molar-refractivity contribution in [3.05, 3.63) is 39.8 Å². The summed E-state index contributed by atoms with van der Waals surface area (Å²) in [5, 5.41) is 15.4. The van der Waals surface area contributed by atoms with Crippen LogP contribution in [0.2, 0.25) is 0 Å². The number of carbonyl (C=O) groups excluding carboxylic acids is 1. The smallest absolute Gasteiger partial charge is 0.251 e. The van der Waals surface area contributed by atoms with Crippen LogP contribution in [0.25, 0.3) is 10.4 Å². The van der Waals surface area contributed by atoms with Crippen LogP contribution < -0.4 is 5.32 Å². The molecule has 0 aliphatic carbocycles. The molecule has 18 heavy (non-hydrogen) atoms. The Morgan fingerprint density at radius 1 is 1.50 bits per heavy atom. The van der Waals surface area contributed by atoms with Gasteiger partial charge in [0, 0.05) is 23.6 Å². The predicted octanol–water partition coefficient (Wildman–Crippen LogP) is 2.52. The van der Waals surface area contributed by atoms with Crippen molar-refractivity contribution in [2.24, 2.45) is 5.11 Å². The number of hydrogen-bond acceptors (Lipinski definition) is 3. The fraction of sp³-hybridized carbons (Fsp3) is 0.417. The lowest BCUT2D eigenvalue weighted by Gasteiger charge is -2.07. The van der Waals surface area contributed by atoms with E-state index in [0.29, 0.717) is 18.7 Å². The lowest BCUT2D eigenvalue weighted by Crippen LogP contribution is -2.25. The van der Waals surface area contributed by atoms with Gasteiger partial charge in [0.15, 0.2) is 0 Å². The van der Waals surface area contributed by atoms with Crippen molar-refractivity contribution in [1.82, 2.24) is 5.32 Å². The van der Waals surface area contributed by atoms with E-state index in [1.54, 1.807) is 19.1 Å². The minimum Gasteiger partial charge on any atom is -0.508 e. The normalized spacial score (nSPS) is 9.61. The van der Waals surface area contributed by atoms with E-state index in [1.165, 1.54) is 6.07 Å². The fourth-order valence-electron chi connectivity index (χ4n) is 1.55. The Labute approximate surface area is 105 Å². The van der Waals surface area contributed by atoms with E-state index in [-0.39, 0.29) is 11.7 Å². The van der Waals surface area contributed by atoms with Crippen LogP contribution in [0.1, 0.15) is 28.8 Å². The van der Waals surface area contributed by atoms with Gasteiger partial charge in [0.2, 0.25) is 0 Å². The first-order chi connectivity index (χ1) is 8.65. The molecule has 0 spiro atoms. The Morgan fingerprint density at radius 2 is 2.28 bits per heavy atom. The van der Waals surface area contributed by atoms with Crippen molar-refractivity contribution in [1.29, 1.82) is 0 Å². The quantitative estimate of drug-likeness (QED) is 0.350. The number of amides is 1. The first-order valence-electron chi connectivity index (χ1n) is 5.74. The third-order valence-electron chi connectivity index (χ3n) is 2.49. The maximum atomic E-state index is 11.8. The van der Waals surface area contributed by atoms with Gasteiger partial charge < -0.3 is 10.4 Å². The van der Waals surface area contributed by atoms with Crippen molar-refractivity contribution in [3.63, 3.8) is 0 Å². The molecule has 0 aromatic heterocycles. The van der Waals surface area contributed by atoms with Crippen LogP contribution in [0.3, 0.4) is 0 Å². The molecule has 0 fully saturated rings. The van der Waals surface area contributed by atoms with Gasteiger partial charge in [0.25, 0.3) is 5.91 Å². The van der Waals surface area contributed by atoms with Crippen molar-refractivity contribution in [3.8, 4) is 5.75 Å². The second-order valence-corrected chi connectivity index (χ2v) is 3.92. The third kappa shape index (κ3) is 4.35. The average molecular weight is 248 g/mol. The number of hydrogen-bond donors (Lipinski definition) is 2. The van der Waals surface area contributed by atoms with Gasteiger partial charge in [0.1, 0.15) is 5.75 Å². The molecule has 6 heteroatoms. The fourth-order valence-corrected chi connectivity index (χ4v) is 1.55. The molecule has 1 rings (SSSR count). The summed E-state index contributed by atoms with van der Waals surface area (Å²) in [6.45, 7) is 2.76. The van der Waals surface area contributed by atoms with E-state index in [4.69, 9.17) is 5.53 Å². The Kier molecular flexibility index (Phi) is 5.54. The van der Waals surface area contributed by atoms with Gasteiger partial charge in [-0.3, -0.25) is 4.79 Å². The molecule has 0 radical (unpaired) electrons. The Hall–Kier alpha value is -2.20. The van der Waals surface area contributed by atoms with Crippen LogP contribution in [0.15, 0.2) is 23.3 Å². The van der Waals surface area contributed by atoms with Crippen LogP contribution in [-0.4, -0.2) is 24.1 Å². The van der Waals surface area contributed by atoms with Crippen LogP contribution in [0, 0.1) is 6.92 Å². The number of azide groups is 1.